The molecule has 1 atom stereocenters. The minimum absolute atomic E-state index is 0.0935. The molecule has 0 saturated carbocycles. The first-order valence-corrected chi connectivity index (χ1v) is 4.41. The van der Waals surface area contributed by atoms with Crippen LogP contribution < -0.4 is 0 Å². The highest BCUT2D eigenvalue weighted by molar-refractivity contribution is 4.73. The summed E-state index contributed by atoms with van der Waals surface area (Å²) in [5.74, 6) is 0. The monoisotopic (exact) mass is 212 g/mol. The Morgan fingerprint density at radius 1 is 1.50 bits per heavy atom. The lowest BCUT2D eigenvalue weighted by molar-refractivity contribution is -0.289. The highest BCUT2D eigenvalue weighted by Crippen LogP contribution is 2.23. The molecule has 0 aliphatic heterocycles. The van der Waals surface area contributed by atoms with Crippen molar-refractivity contribution in [1.82, 2.24) is 0 Å². The van der Waals surface area contributed by atoms with Gasteiger partial charge in [-0.2, -0.15) is 8.78 Å². The number of allylic oxidation sites excluding steroid dienone is 1. The Labute approximate surface area is 81.4 Å². The van der Waals surface area contributed by atoms with Gasteiger partial charge >= 0.3 is 6.11 Å². The highest BCUT2D eigenvalue weighted by Gasteiger charge is 2.38. The molecular formula is C9H15F3O2. The fourth-order valence-corrected chi connectivity index (χ4v) is 0.803. The van der Waals surface area contributed by atoms with Gasteiger partial charge in [0.1, 0.15) is 6.10 Å². The van der Waals surface area contributed by atoms with E-state index >= 15 is 0 Å². The summed E-state index contributed by atoms with van der Waals surface area (Å²) in [7, 11) is 0. The second-order valence-electron chi connectivity index (χ2n) is 2.83. The van der Waals surface area contributed by atoms with E-state index in [1.165, 1.54) is 6.08 Å². The van der Waals surface area contributed by atoms with Crippen LogP contribution in [0.1, 0.15) is 19.3 Å². The van der Waals surface area contributed by atoms with Crippen LogP contribution in [-0.2, 0) is 4.74 Å². The maximum atomic E-state index is 12.8. The van der Waals surface area contributed by atoms with Crippen molar-refractivity contribution in [3.05, 3.63) is 12.7 Å². The van der Waals surface area contributed by atoms with Crippen molar-refractivity contribution in [2.45, 2.75) is 31.5 Å². The van der Waals surface area contributed by atoms with Gasteiger partial charge in [-0.15, -0.1) is 6.58 Å². The zero-order valence-electron chi connectivity index (χ0n) is 7.89. The van der Waals surface area contributed by atoms with Gasteiger partial charge in [0.05, 0.1) is 13.3 Å². The van der Waals surface area contributed by atoms with E-state index in [0.29, 0.717) is 0 Å². The smallest absolute Gasteiger partial charge is 0.381 e. The normalized spacial score (nSPS) is 14.0. The lowest BCUT2D eigenvalue weighted by Gasteiger charge is -2.21. The van der Waals surface area contributed by atoms with Crippen LogP contribution in [0.15, 0.2) is 12.7 Å². The van der Waals surface area contributed by atoms with Gasteiger partial charge in [0.2, 0.25) is 0 Å². The van der Waals surface area contributed by atoms with Crippen molar-refractivity contribution in [1.29, 1.82) is 0 Å². The third-order valence-electron chi connectivity index (χ3n) is 1.60. The summed E-state index contributed by atoms with van der Waals surface area (Å²) in [6.45, 7) is 2.24. The molecular weight excluding hydrogens is 197 g/mol. The Morgan fingerprint density at radius 3 is 2.64 bits per heavy atom. The average molecular weight is 212 g/mol. The molecule has 0 bridgehead atoms. The molecule has 0 heterocycles. The molecule has 0 aromatic carbocycles. The van der Waals surface area contributed by atoms with Crippen LogP contribution in [-0.4, -0.2) is 30.6 Å². The predicted octanol–water partition coefficient (Wildman–Crippen LogP) is 2.28. The number of rotatable bonds is 8. The van der Waals surface area contributed by atoms with E-state index in [4.69, 9.17) is 5.11 Å². The average Bonchev–Trinajstić information content (AvgIpc) is 2.14. The fraction of sp³-hybridized carbons (Fsp3) is 0.778. The molecule has 0 radical (unpaired) electrons. The summed E-state index contributed by atoms with van der Waals surface area (Å²) >= 11 is 0. The summed E-state index contributed by atoms with van der Waals surface area (Å²) in [5, 5.41) is 8.99. The largest absolute Gasteiger partial charge is 0.384 e. The van der Waals surface area contributed by atoms with E-state index in [1.807, 2.05) is 0 Å². The zero-order valence-corrected chi connectivity index (χ0v) is 7.89. The number of aliphatic hydroxyl groups excluding tert-OH is 1. The number of hydrogen-bond donors (Lipinski definition) is 1. The molecule has 0 spiro atoms. The molecule has 0 aromatic heterocycles. The number of halogens is 3. The maximum Gasteiger partial charge on any atom is 0.381 e. The third kappa shape index (κ3) is 5.24. The third-order valence-corrected chi connectivity index (χ3v) is 1.60. The van der Waals surface area contributed by atoms with Gasteiger partial charge in [-0.25, -0.2) is 0 Å². The minimum atomic E-state index is -3.60. The molecule has 0 rings (SSSR count). The minimum Gasteiger partial charge on any atom is -0.384 e. The molecule has 1 N–H and O–H groups in total. The van der Waals surface area contributed by atoms with Gasteiger partial charge in [-0.05, 0) is 19.3 Å². The van der Waals surface area contributed by atoms with Gasteiger partial charge < -0.3 is 9.84 Å². The van der Waals surface area contributed by atoms with Crippen molar-refractivity contribution in [3.8, 4) is 0 Å². The Kier molecular flexibility index (Phi) is 6.57. The molecule has 5 heteroatoms. The van der Waals surface area contributed by atoms with Crippen LogP contribution in [0.2, 0.25) is 0 Å². The predicted molar refractivity (Wildman–Crippen MR) is 46.9 cm³/mol. The lowest BCUT2D eigenvalue weighted by atomic mass is 10.2. The van der Waals surface area contributed by atoms with E-state index in [1.54, 1.807) is 0 Å². The summed E-state index contributed by atoms with van der Waals surface area (Å²) in [6.07, 6.45) is -3.96. The molecule has 0 aliphatic rings. The van der Waals surface area contributed by atoms with E-state index in [-0.39, 0.29) is 19.3 Å². The van der Waals surface area contributed by atoms with Crippen LogP contribution in [0, 0.1) is 0 Å². The van der Waals surface area contributed by atoms with Crippen molar-refractivity contribution >= 4 is 0 Å². The Balaban J connectivity index is 3.82. The molecule has 0 aliphatic carbocycles. The van der Waals surface area contributed by atoms with E-state index < -0.39 is 25.5 Å². The topological polar surface area (TPSA) is 29.5 Å². The molecule has 0 saturated heterocycles. The number of alkyl halides is 3. The van der Waals surface area contributed by atoms with Crippen molar-refractivity contribution in [2.24, 2.45) is 0 Å². The summed E-state index contributed by atoms with van der Waals surface area (Å²) < 4.78 is 41.3. The number of ether oxygens (including phenoxy) is 1. The van der Waals surface area contributed by atoms with Crippen LogP contribution in [0.4, 0.5) is 13.2 Å². The van der Waals surface area contributed by atoms with Gasteiger partial charge in [-0.3, -0.25) is 4.39 Å². The first kappa shape index (κ1) is 13.4. The number of aliphatic hydroxyl groups is 1. The van der Waals surface area contributed by atoms with Gasteiger partial charge in [0.15, 0.2) is 0 Å². The summed E-state index contributed by atoms with van der Waals surface area (Å²) in [6, 6.07) is 0. The van der Waals surface area contributed by atoms with Crippen LogP contribution in [0.3, 0.4) is 0 Å². The van der Waals surface area contributed by atoms with Crippen LogP contribution in [0.5, 0.6) is 0 Å². The quantitative estimate of drug-likeness (QED) is 0.494. The molecule has 2 nitrogen and oxygen atoms in total. The van der Waals surface area contributed by atoms with Gasteiger partial charge in [-0.1, -0.05) is 6.08 Å². The van der Waals surface area contributed by atoms with Crippen molar-refractivity contribution in [3.63, 3.8) is 0 Å². The van der Waals surface area contributed by atoms with Crippen molar-refractivity contribution in [2.75, 3.05) is 13.3 Å². The second-order valence-corrected chi connectivity index (χ2v) is 2.83. The Hall–Kier alpha value is -0.550. The van der Waals surface area contributed by atoms with Crippen LogP contribution >= 0.6 is 0 Å². The standard InChI is InChI=1S/C9H15F3O2/c1-2-3-5-8(13)9(11,12)14-7-4-6-10/h2,8,13H,1,3-7H2. The molecule has 14 heavy (non-hydrogen) atoms. The zero-order chi connectivity index (χ0) is 11.0. The first-order chi connectivity index (χ1) is 6.54. The van der Waals surface area contributed by atoms with E-state index in [9.17, 15) is 13.2 Å². The molecule has 0 aromatic rings. The Morgan fingerprint density at radius 2 is 2.14 bits per heavy atom. The molecule has 0 fully saturated rings. The Bertz CT molecular complexity index is 162. The SMILES string of the molecule is C=CCCC(O)C(F)(F)OCCCF. The molecule has 0 amide bonds. The second kappa shape index (κ2) is 6.84. The highest BCUT2D eigenvalue weighted by atomic mass is 19.3. The van der Waals surface area contributed by atoms with Gasteiger partial charge in [0.25, 0.3) is 0 Å². The van der Waals surface area contributed by atoms with Gasteiger partial charge in [0, 0.05) is 0 Å². The number of hydrogen-bond acceptors (Lipinski definition) is 2. The van der Waals surface area contributed by atoms with Crippen molar-refractivity contribution < 1.29 is 23.0 Å². The maximum absolute atomic E-state index is 12.8. The summed E-state index contributed by atoms with van der Waals surface area (Å²) in [5.41, 5.74) is 0. The summed E-state index contributed by atoms with van der Waals surface area (Å²) in [4.78, 5) is 0. The first-order valence-electron chi connectivity index (χ1n) is 4.41. The van der Waals surface area contributed by atoms with Crippen LogP contribution in [0.25, 0.3) is 0 Å². The van der Waals surface area contributed by atoms with E-state index in [0.717, 1.165) is 0 Å². The fourth-order valence-electron chi connectivity index (χ4n) is 0.803. The lowest BCUT2D eigenvalue weighted by Crippen LogP contribution is -2.36. The molecule has 1 unspecified atom stereocenters. The molecule has 84 valence electrons. The van der Waals surface area contributed by atoms with E-state index in [2.05, 4.69) is 11.3 Å².